The van der Waals surface area contributed by atoms with E-state index in [0.29, 0.717) is 12.1 Å². The number of nitrogens with one attached hydrogen (secondary N) is 1. The molecule has 2 aromatic heterocycles. The summed E-state index contributed by atoms with van der Waals surface area (Å²) in [6.07, 6.45) is 3.94. The van der Waals surface area contributed by atoms with Crippen molar-refractivity contribution in [2.24, 2.45) is 0 Å². The standard InChI is InChI=1S/C13H19N3S/c1-4-14-10(2)11(3)16-8-7-15-13(16)12-6-5-9-17-12/h5-11,14H,4H2,1-3H3. The monoisotopic (exact) mass is 249 g/mol. The van der Waals surface area contributed by atoms with E-state index in [4.69, 9.17) is 0 Å². The highest BCUT2D eigenvalue weighted by molar-refractivity contribution is 7.13. The summed E-state index contributed by atoms with van der Waals surface area (Å²) in [6.45, 7) is 7.57. The maximum absolute atomic E-state index is 4.47. The van der Waals surface area contributed by atoms with Crippen molar-refractivity contribution >= 4 is 11.3 Å². The second-order valence-electron chi connectivity index (χ2n) is 4.22. The molecule has 0 fully saturated rings. The van der Waals surface area contributed by atoms with E-state index in [1.54, 1.807) is 11.3 Å². The predicted octanol–water partition coefficient (Wildman–Crippen LogP) is 3.17. The summed E-state index contributed by atoms with van der Waals surface area (Å²) in [6, 6.07) is 5.02. The lowest BCUT2D eigenvalue weighted by atomic mass is 10.1. The van der Waals surface area contributed by atoms with Gasteiger partial charge in [-0.25, -0.2) is 4.98 Å². The van der Waals surface area contributed by atoms with Crippen LogP contribution in [-0.4, -0.2) is 22.1 Å². The van der Waals surface area contributed by atoms with Crippen LogP contribution in [0.3, 0.4) is 0 Å². The largest absolute Gasteiger partial charge is 0.326 e. The Labute approximate surface area is 107 Å². The van der Waals surface area contributed by atoms with Gasteiger partial charge in [-0.05, 0) is 31.8 Å². The smallest absolute Gasteiger partial charge is 0.150 e. The van der Waals surface area contributed by atoms with Crippen molar-refractivity contribution in [2.75, 3.05) is 6.54 Å². The number of nitrogens with zero attached hydrogens (tertiary/aromatic N) is 2. The van der Waals surface area contributed by atoms with E-state index in [9.17, 15) is 0 Å². The van der Waals surface area contributed by atoms with Gasteiger partial charge >= 0.3 is 0 Å². The fourth-order valence-electron chi connectivity index (χ4n) is 1.97. The highest BCUT2D eigenvalue weighted by atomic mass is 32.1. The highest BCUT2D eigenvalue weighted by Crippen LogP contribution is 2.26. The van der Waals surface area contributed by atoms with Gasteiger partial charge in [-0.2, -0.15) is 0 Å². The molecule has 0 bridgehead atoms. The Morgan fingerprint density at radius 2 is 2.29 bits per heavy atom. The van der Waals surface area contributed by atoms with E-state index in [1.165, 1.54) is 4.88 Å². The van der Waals surface area contributed by atoms with Crippen molar-refractivity contribution in [3.05, 3.63) is 29.9 Å². The summed E-state index contributed by atoms with van der Waals surface area (Å²) in [5.41, 5.74) is 0. The van der Waals surface area contributed by atoms with Crippen LogP contribution in [0.25, 0.3) is 10.7 Å². The van der Waals surface area contributed by atoms with Crippen LogP contribution in [0, 0.1) is 0 Å². The first kappa shape index (κ1) is 12.3. The van der Waals surface area contributed by atoms with Crippen molar-refractivity contribution in [1.29, 1.82) is 0 Å². The molecule has 0 amide bonds. The molecular formula is C13H19N3S. The van der Waals surface area contributed by atoms with Crippen LogP contribution in [0.15, 0.2) is 29.9 Å². The first-order valence-electron chi connectivity index (χ1n) is 6.04. The van der Waals surface area contributed by atoms with Crippen molar-refractivity contribution in [1.82, 2.24) is 14.9 Å². The Morgan fingerprint density at radius 3 is 2.94 bits per heavy atom. The van der Waals surface area contributed by atoms with Gasteiger partial charge in [-0.1, -0.05) is 13.0 Å². The SMILES string of the molecule is CCNC(C)C(C)n1ccnc1-c1cccs1. The van der Waals surface area contributed by atoms with Gasteiger partial charge in [0, 0.05) is 24.5 Å². The van der Waals surface area contributed by atoms with E-state index in [0.717, 1.165) is 12.4 Å². The van der Waals surface area contributed by atoms with Crippen molar-refractivity contribution in [3.63, 3.8) is 0 Å². The predicted molar refractivity (Wildman–Crippen MR) is 73.4 cm³/mol. The summed E-state index contributed by atoms with van der Waals surface area (Å²) in [5, 5.41) is 5.55. The van der Waals surface area contributed by atoms with E-state index in [-0.39, 0.29) is 0 Å². The van der Waals surface area contributed by atoms with Gasteiger partial charge in [-0.3, -0.25) is 0 Å². The molecule has 0 aliphatic heterocycles. The molecule has 0 saturated heterocycles. The molecule has 0 saturated carbocycles. The Morgan fingerprint density at radius 1 is 1.47 bits per heavy atom. The Hall–Kier alpha value is -1.13. The zero-order valence-corrected chi connectivity index (χ0v) is 11.4. The molecule has 0 radical (unpaired) electrons. The molecule has 0 spiro atoms. The Bertz CT molecular complexity index is 447. The summed E-state index contributed by atoms with van der Waals surface area (Å²) < 4.78 is 2.25. The quantitative estimate of drug-likeness (QED) is 0.882. The lowest BCUT2D eigenvalue weighted by Gasteiger charge is -2.23. The van der Waals surface area contributed by atoms with Crippen LogP contribution in [0.1, 0.15) is 26.8 Å². The van der Waals surface area contributed by atoms with Crippen LogP contribution in [-0.2, 0) is 0 Å². The molecule has 2 atom stereocenters. The summed E-state index contributed by atoms with van der Waals surface area (Å²) in [5.74, 6) is 1.07. The second-order valence-corrected chi connectivity index (χ2v) is 5.17. The molecule has 17 heavy (non-hydrogen) atoms. The molecule has 2 rings (SSSR count). The number of hydrogen-bond donors (Lipinski definition) is 1. The van der Waals surface area contributed by atoms with Gasteiger partial charge in [0.05, 0.1) is 4.88 Å². The van der Waals surface area contributed by atoms with Gasteiger partial charge in [0.25, 0.3) is 0 Å². The molecule has 92 valence electrons. The molecule has 4 heteroatoms. The average Bonchev–Trinajstić information content (AvgIpc) is 2.98. The van der Waals surface area contributed by atoms with Gasteiger partial charge in [0.2, 0.25) is 0 Å². The normalized spacial score (nSPS) is 14.8. The molecule has 2 aromatic rings. The number of rotatable bonds is 5. The molecule has 0 aromatic carbocycles. The van der Waals surface area contributed by atoms with E-state index >= 15 is 0 Å². The maximum atomic E-state index is 4.47. The zero-order valence-electron chi connectivity index (χ0n) is 10.6. The van der Waals surface area contributed by atoms with Crippen LogP contribution < -0.4 is 5.32 Å². The third-order valence-electron chi connectivity index (χ3n) is 3.10. The lowest BCUT2D eigenvalue weighted by molar-refractivity contribution is 0.402. The minimum atomic E-state index is 0.398. The number of imidazole rings is 1. The van der Waals surface area contributed by atoms with Crippen molar-refractivity contribution in [3.8, 4) is 10.7 Å². The molecule has 0 aliphatic rings. The minimum absolute atomic E-state index is 0.398. The fourth-order valence-corrected chi connectivity index (χ4v) is 2.70. The summed E-state index contributed by atoms with van der Waals surface area (Å²) in [4.78, 5) is 5.70. The zero-order chi connectivity index (χ0) is 12.3. The van der Waals surface area contributed by atoms with Crippen LogP contribution in [0.5, 0.6) is 0 Å². The highest BCUT2D eigenvalue weighted by Gasteiger charge is 2.17. The van der Waals surface area contributed by atoms with Crippen LogP contribution in [0.2, 0.25) is 0 Å². The third-order valence-corrected chi connectivity index (χ3v) is 3.96. The van der Waals surface area contributed by atoms with Crippen molar-refractivity contribution < 1.29 is 0 Å². The number of thiophene rings is 1. The Balaban J connectivity index is 2.25. The number of hydrogen-bond acceptors (Lipinski definition) is 3. The molecular weight excluding hydrogens is 230 g/mol. The second kappa shape index (κ2) is 5.47. The average molecular weight is 249 g/mol. The third kappa shape index (κ3) is 2.58. The Kier molecular flexibility index (Phi) is 3.97. The molecule has 3 nitrogen and oxygen atoms in total. The van der Waals surface area contributed by atoms with Crippen molar-refractivity contribution in [2.45, 2.75) is 32.9 Å². The van der Waals surface area contributed by atoms with Crippen LogP contribution in [0.4, 0.5) is 0 Å². The maximum Gasteiger partial charge on any atom is 0.150 e. The first-order valence-corrected chi connectivity index (χ1v) is 6.92. The van der Waals surface area contributed by atoms with Crippen LogP contribution >= 0.6 is 11.3 Å². The first-order chi connectivity index (χ1) is 8.24. The van der Waals surface area contributed by atoms with E-state index < -0.39 is 0 Å². The van der Waals surface area contributed by atoms with E-state index in [2.05, 4.69) is 59.3 Å². The van der Waals surface area contributed by atoms with Gasteiger partial charge < -0.3 is 9.88 Å². The molecule has 2 unspecified atom stereocenters. The van der Waals surface area contributed by atoms with Gasteiger partial charge in [0.15, 0.2) is 0 Å². The summed E-state index contributed by atoms with van der Waals surface area (Å²) >= 11 is 1.73. The minimum Gasteiger partial charge on any atom is -0.326 e. The van der Waals surface area contributed by atoms with E-state index in [1.807, 2.05) is 6.20 Å². The molecule has 2 heterocycles. The lowest BCUT2D eigenvalue weighted by Crippen LogP contribution is -2.33. The molecule has 0 aliphatic carbocycles. The topological polar surface area (TPSA) is 29.9 Å². The van der Waals surface area contributed by atoms with Gasteiger partial charge in [0.1, 0.15) is 5.82 Å². The molecule has 1 N–H and O–H groups in total. The summed E-state index contributed by atoms with van der Waals surface area (Å²) in [7, 11) is 0. The number of aromatic nitrogens is 2. The number of likely N-dealkylation sites (N-methyl/N-ethyl adjacent to an activating group) is 1. The van der Waals surface area contributed by atoms with Gasteiger partial charge in [-0.15, -0.1) is 11.3 Å². The fraction of sp³-hybridized carbons (Fsp3) is 0.462.